The molecule has 0 saturated heterocycles. The zero-order valence-electron chi connectivity index (χ0n) is 50.8. The normalized spacial score (nSPS) is 13.6. The topological polar surface area (TPSA) is 278 Å². The van der Waals surface area contributed by atoms with Gasteiger partial charge in [-0.15, -0.1) is 0 Å². The molecule has 0 heterocycles. The van der Waals surface area contributed by atoms with Crippen molar-refractivity contribution in [2.45, 2.75) is 296 Å². The number of ether oxygens (including phenoxy) is 3. The fourth-order valence-electron chi connectivity index (χ4n) is 8.67. The molecular formula is C57H101Na3O18S3. The molecule has 3 atom stereocenters. The van der Waals surface area contributed by atoms with Gasteiger partial charge in [0.15, 0.2) is 6.10 Å². The van der Waals surface area contributed by atoms with Gasteiger partial charge in [0.2, 0.25) is 31.2 Å². The van der Waals surface area contributed by atoms with Crippen LogP contribution in [0.15, 0.2) is 36.5 Å². The van der Waals surface area contributed by atoms with E-state index >= 15 is 0 Å². The maximum absolute atomic E-state index is 12.9. The summed E-state index contributed by atoms with van der Waals surface area (Å²) in [6.07, 6.45) is 38.0. The van der Waals surface area contributed by atoms with Gasteiger partial charge in [-0.25, -0.2) is 25.3 Å². The van der Waals surface area contributed by atoms with E-state index in [4.69, 9.17) is 26.8 Å². The predicted molar refractivity (Wildman–Crippen MR) is 300 cm³/mol. The van der Waals surface area contributed by atoms with Crippen LogP contribution in [0, 0.1) is 0 Å². The first-order valence-corrected chi connectivity index (χ1v) is 33.6. The second-order valence-corrected chi connectivity index (χ2v) is 23.5. The van der Waals surface area contributed by atoms with Gasteiger partial charge in [-0.2, -0.15) is 0 Å². The maximum atomic E-state index is 12.9. The van der Waals surface area contributed by atoms with Gasteiger partial charge in [0.05, 0.1) is 18.3 Å². The molecule has 0 aliphatic carbocycles. The molecule has 458 valence electrons. The second kappa shape index (κ2) is 59.2. The van der Waals surface area contributed by atoms with Crippen LogP contribution in [-0.2, 0) is 72.3 Å². The summed E-state index contributed by atoms with van der Waals surface area (Å²) in [5.74, 6) is -1.37. The zero-order chi connectivity index (χ0) is 58.0. The molecule has 0 spiro atoms. The van der Waals surface area contributed by atoms with Crippen LogP contribution in [0.1, 0.15) is 271 Å². The summed E-state index contributed by atoms with van der Waals surface area (Å²) >= 11 is 0. The molecule has 0 aromatic carbocycles. The molecule has 0 N–H and O–H groups in total. The van der Waals surface area contributed by atoms with Crippen molar-refractivity contribution < 1.29 is 169 Å². The summed E-state index contributed by atoms with van der Waals surface area (Å²) in [6, 6.07) is 0. The Balaban J connectivity index is -0.00000988. The first-order chi connectivity index (χ1) is 37.3. The van der Waals surface area contributed by atoms with Crippen molar-refractivity contribution in [2.24, 2.45) is 0 Å². The molecule has 0 rings (SSSR count). The maximum Gasteiger partial charge on any atom is 1.00 e. The van der Waals surface area contributed by atoms with E-state index in [1.165, 1.54) is 0 Å². The van der Waals surface area contributed by atoms with Crippen molar-refractivity contribution in [1.82, 2.24) is 0 Å². The minimum atomic E-state index is -4.77. The van der Waals surface area contributed by atoms with Crippen molar-refractivity contribution in [3.05, 3.63) is 36.5 Å². The first kappa shape index (κ1) is 87.7. The summed E-state index contributed by atoms with van der Waals surface area (Å²) < 4.78 is 131. The Morgan fingerprint density at radius 3 is 0.889 bits per heavy atom. The average Bonchev–Trinajstić information content (AvgIpc) is 3.36. The van der Waals surface area contributed by atoms with Gasteiger partial charge in [-0.3, -0.25) is 26.9 Å². The molecule has 0 fully saturated rings. The van der Waals surface area contributed by atoms with Crippen molar-refractivity contribution in [2.75, 3.05) is 13.2 Å². The number of allylic oxidation sites excluding steroid dienone is 3. The van der Waals surface area contributed by atoms with Crippen molar-refractivity contribution >= 4 is 49.1 Å². The summed E-state index contributed by atoms with van der Waals surface area (Å²) in [4.78, 5) is 38.3. The molecule has 0 bridgehead atoms. The minimum Gasteiger partial charge on any atom is -0.726 e. The Hall–Kier alpha value is 0.240. The standard InChI is InChI=1S/C57H104O18S3.3Na/c1-4-7-10-31-40-51(73-76(61,62)63)43-34-25-19-13-16-22-28-37-46-55(58)70-49-54(72-57(60)48-39-30-24-18-15-21-27-36-45-53(75-78(67,68)69)42-33-12-9-6-3)50-71-56(59)47-38-29-23-17-14-20-26-35-44-52(74-77(64,65)66)41-32-11-8-5-2;;;/h25-27,34-36,51-54H,4-24,28-33,37-50H2,1-3H3,(H,61,62,63)(H,64,65,66)(H,67,68,69);;;/q;3*+1/p-3/b34-25+,35-26+,36-27+;;;. The molecule has 0 aliphatic heterocycles. The number of hydrogen-bond acceptors (Lipinski definition) is 18. The quantitative estimate of drug-likeness (QED) is 0.0154. The van der Waals surface area contributed by atoms with Crippen LogP contribution >= 0.6 is 0 Å². The Kier molecular flexibility index (Phi) is 64.1. The molecule has 3 unspecified atom stereocenters. The van der Waals surface area contributed by atoms with E-state index in [0.29, 0.717) is 57.8 Å². The van der Waals surface area contributed by atoms with Crippen molar-refractivity contribution in [3.8, 4) is 0 Å². The molecule has 0 radical (unpaired) electrons. The van der Waals surface area contributed by atoms with Crippen LogP contribution in [0.5, 0.6) is 0 Å². The van der Waals surface area contributed by atoms with Gasteiger partial charge in [0.25, 0.3) is 0 Å². The fourth-order valence-corrected chi connectivity index (χ4v) is 10.2. The molecule has 18 nitrogen and oxygen atoms in total. The van der Waals surface area contributed by atoms with Crippen LogP contribution < -0.4 is 88.7 Å². The van der Waals surface area contributed by atoms with E-state index in [1.54, 1.807) is 0 Å². The van der Waals surface area contributed by atoms with E-state index in [1.807, 2.05) is 36.5 Å². The second-order valence-electron chi connectivity index (χ2n) is 20.4. The smallest absolute Gasteiger partial charge is 0.726 e. The molecule has 81 heavy (non-hydrogen) atoms. The van der Waals surface area contributed by atoms with Crippen LogP contribution in [-0.4, -0.2) is 94.4 Å². The SMILES string of the molecule is CCCCCCC(C/C=C/CCCCCCCC(=O)OCC(COC(=O)CCCCCCC/C=C/CC(CCCCCC)OS(=O)(=O)[O-])OC(=O)CCCCCCC/C=C/CC(CCCCCC)OS(=O)(=O)[O-])OS(=O)(=O)[O-].[Na+].[Na+].[Na+]. The minimum absolute atomic E-state index is 0. The van der Waals surface area contributed by atoms with Crippen LogP contribution in [0.2, 0.25) is 0 Å². The average molecular weight is 1240 g/mol. The zero-order valence-corrected chi connectivity index (χ0v) is 59.3. The summed E-state index contributed by atoms with van der Waals surface area (Å²) in [7, 11) is -14.3. The van der Waals surface area contributed by atoms with Gasteiger partial charge in [-0.05, 0) is 96.3 Å². The first-order valence-electron chi connectivity index (χ1n) is 29.6. The van der Waals surface area contributed by atoms with Gasteiger partial charge < -0.3 is 27.9 Å². The van der Waals surface area contributed by atoms with E-state index in [2.05, 4.69) is 20.8 Å². The van der Waals surface area contributed by atoms with Gasteiger partial charge >= 0.3 is 107 Å². The largest absolute Gasteiger partial charge is 1.00 e. The summed E-state index contributed by atoms with van der Waals surface area (Å²) in [5, 5.41) is 0. The van der Waals surface area contributed by atoms with E-state index < -0.39 is 73.5 Å². The summed E-state index contributed by atoms with van der Waals surface area (Å²) in [6.45, 7) is 5.75. The Morgan fingerprint density at radius 2 is 0.605 bits per heavy atom. The fraction of sp³-hybridized carbons (Fsp3) is 0.842. The van der Waals surface area contributed by atoms with E-state index in [9.17, 15) is 53.3 Å². The molecule has 0 amide bonds. The van der Waals surface area contributed by atoms with Crippen LogP contribution in [0.3, 0.4) is 0 Å². The monoisotopic (exact) mass is 1240 g/mol. The third-order valence-electron chi connectivity index (χ3n) is 13.0. The van der Waals surface area contributed by atoms with Crippen molar-refractivity contribution in [1.29, 1.82) is 0 Å². The van der Waals surface area contributed by atoms with E-state index in [0.717, 1.165) is 173 Å². The number of carbonyl (C=O) groups excluding carboxylic acids is 3. The predicted octanol–water partition coefficient (Wildman–Crippen LogP) is 4.48. The molecule has 0 aromatic heterocycles. The van der Waals surface area contributed by atoms with Gasteiger partial charge in [0, 0.05) is 19.3 Å². The Morgan fingerprint density at radius 1 is 0.346 bits per heavy atom. The summed E-state index contributed by atoms with van der Waals surface area (Å²) in [5.41, 5.74) is 0. The number of unbranched alkanes of at least 4 members (excludes halogenated alkanes) is 24. The molecule has 0 saturated carbocycles. The third-order valence-corrected chi connectivity index (χ3v) is 14.5. The molecule has 0 aromatic rings. The third kappa shape index (κ3) is 66.0. The van der Waals surface area contributed by atoms with Gasteiger partial charge in [0.1, 0.15) is 13.2 Å². The Labute approximate surface area is 557 Å². The molecule has 0 aliphatic rings. The molecular weight excluding hydrogens is 1140 g/mol. The Bertz CT molecular complexity index is 1850. The van der Waals surface area contributed by atoms with Gasteiger partial charge in [-0.1, -0.05) is 192 Å². The van der Waals surface area contributed by atoms with Crippen LogP contribution in [0.4, 0.5) is 0 Å². The van der Waals surface area contributed by atoms with Crippen LogP contribution in [0.25, 0.3) is 0 Å². The van der Waals surface area contributed by atoms with Crippen molar-refractivity contribution in [3.63, 3.8) is 0 Å². The van der Waals surface area contributed by atoms with E-state index in [-0.39, 0.29) is 121 Å². The number of rotatable bonds is 56. The number of hydrogen-bond donors (Lipinski definition) is 0. The number of esters is 3. The molecule has 24 heteroatoms. The number of carbonyl (C=O) groups is 3.